The zero-order valence-corrected chi connectivity index (χ0v) is 7.13. The molecule has 0 atom stereocenters. The van der Waals surface area contributed by atoms with Gasteiger partial charge in [-0.05, 0) is 0 Å². The van der Waals surface area contributed by atoms with E-state index in [2.05, 4.69) is 10.4 Å². The number of anilines is 1. The van der Waals surface area contributed by atoms with Gasteiger partial charge in [0.1, 0.15) is 18.1 Å². The normalized spacial score (nSPS) is 19.7. The van der Waals surface area contributed by atoms with Gasteiger partial charge in [-0.15, -0.1) is 0 Å². The number of nitrogens with two attached hydrogens (primary N) is 1. The van der Waals surface area contributed by atoms with E-state index in [9.17, 15) is 13.6 Å². The van der Waals surface area contributed by atoms with Crippen LogP contribution in [0.4, 0.5) is 14.6 Å². The summed E-state index contributed by atoms with van der Waals surface area (Å²) in [5, 5.41) is 5.71. The Morgan fingerprint density at radius 1 is 1.64 bits per heavy atom. The van der Waals surface area contributed by atoms with Gasteiger partial charge >= 0.3 is 5.92 Å². The van der Waals surface area contributed by atoms with E-state index in [1.165, 1.54) is 0 Å². The lowest BCUT2D eigenvalue weighted by Crippen LogP contribution is -2.32. The quantitative estimate of drug-likeness (QED) is 0.606. The minimum absolute atomic E-state index is 0.00521. The van der Waals surface area contributed by atoms with Crippen LogP contribution in [-0.4, -0.2) is 22.2 Å². The second kappa shape index (κ2) is 2.66. The number of carbonyl (C=O) groups is 1. The fourth-order valence-electron chi connectivity index (χ4n) is 1.34. The van der Waals surface area contributed by atoms with E-state index in [4.69, 9.17) is 5.73 Å². The summed E-state index contributed by atoms with van der Waals surface area (Å²) in [4.78, 5) is 11.0. The summed E-state index contributed by atoms with van der Waals surface area (Å²) in [6.45, 7) is -0.931. The second-order valence-electron chi connectivity index (χ2n) is 3.09. The molecule has 0 aromatic carbocycles. The molecule has 0 aliphatic carbocycles. The van der Waals surface area contributed by atoms with Crippen LogP contribution in [0, 0.1) is 0 Å². The first-order valence-electron chi connectivity index (χ1n) is 3.97. The summed E-state index contributed by atoms with van der Waals surface area (Å²) in [5.41, 5.74) is 4.95. The highest BCUT2D eigenvalue weighted by molar-refractivity contribution is 5.76. The van der Waals surface area contributed by atoms with Crippen molar-refractivity contribution in [1.29, 1.82) is 0 Å². The van der Waals surface area contributed by atoms with Crippen molar-refractivity contribution in [3.63, 3.8) is 0 Å². The lowest BCUT2D eigenvalue weighted by molar-refractivity contribution is -0.122. The van der Waals surface area contributed by atoms with Gasteiger partial charge in [-0.25, -0.2) is 0 Å². The standard InChI is InChI=1S/C7H8F2N4O/c8-7(9)3-11-6(14)2-13-4(7)1-5(10)12-13/h1H,2-3H2,(H2,10,12)(H,11,14). The molecule has 0 radical (unpaired) electrons. The molecule has 1 aliphatic rings. The molecule has 3 N–H and O–H groups in total. The number of nitrogen functional groups attached to an aromatic ring is 1. The van der Waals surface area contributed by atoms with Gasteiger partial charge < -0.3 is 11.1 Å². The summed E-state index contributed by atoms with van der Waals surface area (Å²) in [7, 11) is 0. The third kappa shape index (κ3) is 1.30. The van der Waals surface area contributed by atoms with E-state index in [1.54, 1.807) is 0 Å². The molecule has 0 unspecified atom stereocenters. The van der Waals surface area contributed by atoms with Crippen molar-refractivity contribution in [3.8, 4) is 0 Å². The van der Waals surface area contributed by atoms with Crippen molar-refractivity contribution >= 4 is 11.7 Å². The minimum Gasteiger partial charge on any atom is -0.382 e. The number of hydrogen-bond acceptors (Lipinski definition) is 3. The molecular weight excluding hydrogens is 194 g/mol. The Balaban J connectivity index is 2.51. The van der Waals surface area contributed by atoms with Crippen molar-refractivity contribution in [2.24, 2.45) is 0 Å². The number of aromatic nitrogens is 2. The first-order chi connectivity index (χ1) is 6.49. The molecule has 14 heavy (non-hydrogen) atoms. The smallest absolute Gasteiger partial charge is 0.306 e. The van der Waals surface area contributed by atoms with Crippen LogP contribution in [0.3, 0.4) is 0 Å². The summed E-state index contributed by atoms with van der Waals surface area (Å²) in [6.07, 6.45) is 0. The Labute approximate surface area is 77.9 Å². The zero-order valence-electron chi connectivity index (χ0n) is 7.13. The molecule has 2 heterocycles. The van der Waals surface area contributed by atoms with Crippen molar-refractivity contribution in [3.05, 3.63) is 11.8 Å². The molecule has 0 bridgehead atoms. The van der Waals surface area contributed by atoms with Crippen molar-refractivity contribution in [2.75, 3.05) is 12.3 Å². The lowest BCUT2D eigenvalue weighted by Gasteiger charge is -2.12. The highest BCUT2D eigenvalue weighted by Crippen LogP contribution is 2.29. The topological polar surface area (TPSA) is 72.9 Å². The number of fused-ring (bicyclic) bond motifs is 1. The largest absolute Gasteiger partial charge is 0.382 e. The Bertz CT molecular complexity index is 387. The number of rotatable bonds is 0. The maximum Gasteiger partial charge on any atom is 0.306 e. The molecule has 1 aliphatic heterocycles. The summed E-state index contributed by atoms with van der Waals surface area (Å²) in [5.74, 6) is -3.61. The van der Waals surface area contributed by atoms with Crippen LogP contribution in [0.1, 0.15) is 5.69 Å². The van der Waals surface area contributed by atoms with Crippen LogP contribution in [0.15, 0.2) is 6.07 Å². The van der Waals surface area contributed by atoms with E-state index in [1.807, 2.05) is 0 Å². The number of carbonyl (C=O) groups excluding carboxylic acids is 1. The lowest BCUT2D eigenvalue weighted by atomic mass is 10.2. The molecule has 7 heteroatoms. The van der Waals surface area contributed by atoms with Gasteiger partial charge in [0.2, 0.25) is 5.91 Å². The van der Waals surface area contributed by atoms with Crippen LogP contribution in [0.25, 0.3) is 0 Å². The van der Waals surface area contributed by atoms with Crippen molar-refractivity contribution in [2.45, 2.75) is 12.5 Å². The first-order valence-corrected chi connectivity index (χ1v) is 3.97. The molecule has 1 aromatic heterocycles. The van der Waals surface area contributed by atoms with Gasteiger partial charge in [-0.1, -0.05) is 0 Å². The summed E-state index contributed by atoms with van der Waals surface area (Å²) >= 11 is 0. The van der Waals surface area contributed by atoms with Gasteiger partial charge in [0.25, 0.3) is 0 Å². The number of halogens is 2. The molecular formula is C7H8F2N4O. The molecule has 2 rings (SSSR count). The van der Waals surface area contributed by atoms with Crippen molar-refractivity contribution < 1.29 is 13.6 Å². The third-order valence-corrected chi connectivity index (χ3v) is 1.97. The molecule has 0 spiro atoms. The van der Waals surface area contributed by atoms with Gasteiger partial charge in [0, 0.05) is 6.07 Å². The predicted molar refractivity (Wildman–Crippen MR) is 43.5 cm³/mol. The number of nitrogens with one attached hydrogen (secondary N) is 1. The monoisotopic (exact) mass is 202 g/mol. The SMILES string of the molecule is Nc1cc2n(n1)CC(=O)NCC2(F)F. The van der Waals surface area contributed by atoms with E-state index in [0.717, 1.165) is 10.7 Å². The van der Waals surface area contributed by atoms with Crippen LogP contribution in [0.5, 0.6) is 0 Å². The van der Waals surface area contributed by atoms with Gasteiger partial charge in [-0.2, -0.15) is 13.9 Å². The Hall–Kier alpha value is -1.66. The Kier molecular flexibility index (Phi) is 1.70. The Morgan fingerprint density at radius 2 is 2.36 bits per heavy atom. The van der Waals surface area contributed by atoms with Gasteiger partial charge in [0.05, 0.1) is 6.54 Å². The second-order valence-corrected chi connectivity index (χ2v) is 3.09. The number of hydrogen-bond donors (Lipinski definition) is 2. The molecule has 0 saturated heterocycles. The maximum absolute atomic E-state index is 13.3. The fourth-order valence-corrected chi connectivity index (χ4v) is 1.34. The van der Waals surface area contributed by atoms with E-state index in [-0.39, 0.29) is 18.1 Å². The molecule has 1 aromatic rings. The highest BCUT2D eigenvalue weighted by Gasteiger charge is 2.38. The third-order valence-electron chi connectivity index (χ3n) is 1.97. The van der Waals surface area contributed by atoms with Crippen molar-refractivity contribution in [1.82, 2.24) is 15.1 Å². The molecule has 0 fully saturated rings. The fraction of sp³-hybridized carbons (Fsp3) is 0.429. The number of nitrogens with zero attached hydrogens (tertiary/aromatic N) is 2. The number of amides is 1. The van der Waals surface area contributed by atoms with E-state index < -0.39 is 18.4 Å². The maximum atomic E-state index is 13.3. The molecule has 5 nitrogen and oxygen atoms in total. The van der Waals surface area contributed by atoms with Crippen LogP contribution in [-0.2, 0) is 17.3 Å². The Morgan fingerprint density at radius 3 is 3.07 bits per heavy atom. The van der Waals surface area contributed by atoms with Crippen LogP contribution < -0.4 is 11.1 Å². The van der Waals surface area contributed by atoms with E-state index >= 15 is 0 Å². The van der Waals surface area contributed by atoms with Gasteiger partial charge in [0.15, 0.2) is 0 Å². The summed E-state index contributed by atoms with van der Waals surface area (Å²) < 4.78 is 27.6. The minimum atomic E-state index is -3.11. The summed E-state index contributed by atoms with van der Waals surface area (Å²) in [6, 6.07) is 1.08. The molecule has 0 saturated carbocycles. The molecule has 1 amide bonds. The van der Waals surface area contributed by atoms with Crippen LogP contribution >= 0.6 is 0 Å². The predicted octanol–water partition coefficient (Wildman–Crippen LogP) is -0.313. The van der Waals surface area contributed by atoms with E-state index in [0.29, 0.717) is 0 Å². The average molecular weight is 202 g/mol. The number of alkyl halides is 2. The molecule has 76 valence electrons. The van der Waals surface area contributed by atoms with Crippen LogP contribution in [0.2, 0.25) is 0 Å². The zero-order chi connectivity index (χ0) is 10.3. The average Bonchev–Trinajstić information content (AvgIpc) is 2.40. The highest BCUT2D eigenvalue weighted by atomic mass is 19.3. The van der Waals surface area contributed by atoms with Gasteiger partial charge in [-0.3, -0.25) is 9.48 Å². The first kappa shape index (κ1) is 8.92.